The largest absolute Gasteiger partial charge is 0.316 e. The van der Waals surface area contributed by atoms with E-state index in [0.29, 0.717) is 12.1 Å². The molecule has 102 valence electrons. The molecule has 1 atom stereocenters. The van der Waals surface area contributed by atoms with Crippen LogP contribution in [-0.4, -0.2) is 28.1 Å². The van der Waals surface area contributed by atoms with Crippen molar-refractivity contribution >= 4 is 21.6 Å². The van der Waals surface area contributed by atoms with Crippen LogP contribution in [0.2, 0.25) is 5.02 Å². The second kappa shape index (κ2) is 6.47. The summed E-state index contributed by atoms with van der Waals surface area (Å²) in [6.45, 7) is 2.16. The first-order chi connectivity index (χ1) is 8.34. The number of sulfonamides is 1. The molecule has 4 nitrogen and oxygen atoms in total. The highest BCUT2D eigenvalue weighted by atomic mass is 35.5. The highest BCUT2D eigenvalue weighted by Crippen LogP contribution is 2.17. The van der Waals surface area contributed by atoms with Crippen LogP contribution in [-0.2, 0) is 15.8 Å². The van der Waals surface area contributed by atoms with Gasteiger partial charge in [0.15, 0.2) is 0 Å². The molecule has 0 saturated heterocycles. The van der Waals surface area contributed by atoms with Gasteiger partial charge in [0.1, 0.15) is 5.82 Å². The van der Waals surface area contributed by atoms with Crippen molar-refractivity contribution < 1.29 is 12.8 Å². The molecule has 0 aliphatic carbocycles. The highest BCUT2D eigenvalue weighted by molar-refractivity contribution is 7.88. The molecule has 18 heavy (non-hydrogen) atoms. The summed E-state index contributed by atoms with van der Waals surface area (Å²) in [6, 6.07) is 3.92. The molecular weight excluding hydrogens is 279 g/mol. The van der Waals surface area contributed by atoms with Crippen molar-refractivity contribution in [3.05, 3.63) is 34.6 Å². The predicted molar refractivity (Wildman–Crippen MR) is 70.6 cm³/mol. The minimum Gasteiger partial charge on any atom is -0.316 e. The van der Waals surface area contributed by atoms with Crippen LogP contribution in [0.5, 0.6) is 0 Å². The Balaban J connectivity index is 2.67. The Morgan fingerprint density at radius 1 is 1.44 bits per heavy atom. The molecule has 1 aromatic carbocycles. The van der Waals surface area contributed by atoms with Crippen LogP contribution in [0.25, 0.3) is 0 Å². The van der Waals surface area contributed by atoms with Gasteiger partial charge < -0.3 is 5.32 Å². The zero-order chi connectivity index (χ0) is 13.8. The van der Waals surface area contributed by atoms with E-state index >= 15 is 0 Å². The van der Waals surface area contributed by atoms with Gasteiger partial charge in [0.05, 0.1) is 10.8 Å². The third-order valence-electron chi connectivity index (χ3n) is 2.44. The normalized spacial score (nSPS) is 13.6. The van der Waals surface area contributed by atoms with Gasteiger partial charge in [-0.05, 0) is 31.7 Å². The molecule has 0 fully saturated rings. The minimum absolute atomic E-state index is 0.0385. The van der Waals surface area contributed by atoms with E-state index in [4.69, 9.17) is 11.6 Å². The number of rotatable bonds is 6. The molecule has 1 aromatic rings. The maximum absolute atomic E-state index is 12.9. The zero-order valence-corrected chi connectivity index (χ0v) is 11.8. The molecule has 0 amide bonds. The fourth-order valence-corrected chi connectivity index (χ4v) is 2.68. The summed E-state index contributed by atoms with van der Waals surface area (Å²) in [5.41, 5.74) is 0.450. The fraction of sp³-hybridized carbons (Fsp3) is 0.455. The Labute approximate surface area is 112 Å². The van der Waals surface area contributed by atoms with E-state index in [1.165, 1.54) is 12.1 Å². The minimum atomic E-state index is -3.44. The monoisotopic (exact) mass is 294 g/mol. The van der Waals surface area contributed by atoms with Crippen molar-refractivity contribution in [1.82, 2.24) is 10.0 Å². The van der Waals surface area contributed by atoms with Crippen molar-refractivity contribution in [2.24, 2.45) is 0 Å². The van der Waals surface area contributed by atoms with Gasteiger partial charge in [-0.25, -0.2) is 17.5 Å². The number of benzene rings is 1. The van der Waals surface area contributed by atoms with Crippen molar-refractivity contribution in [2.75, 3.05) is 13.6 Å². The molecule has 0 aromatic heterocycles. The lowest BCUT2D eigenvalue weighted by atomic mass is 10.2. The lowest BCUT2D eigenvalue weighted by Gasteiger charge is -2.12. The Morgan fingerprint density at radius 2 is 2.11 bits per heavy atom. The third kappa shape index (κ3) is 4.89. The van der Waals surface area contributed by atoms with Gasteiger partial charge in [-0.3, -0.25) is 0 Å². The van der Waals surface area contributed by atoms with E-state index in [2.05, 4.69) is 10.0 Å². The van der Waals surface area contributed by atoms with Crippen molar-refractivity contribution in [3.8, 4) is 0 Å². The van der Waals surface area contributed by atoms with Crippen LogP contribution in [0, 0.1) is 5.82 Å². The van der Waals surface area contributed by atoms with Crippen LogP contribution in [0.1, 0.15) is 12.5 Å². The van der Waals surface area contributed by atoms with Gasteiger partial charge in [0.2, 0.25) is 10.0 Å². The van der Waals surface area contributed by atoms with Gasteiger partial charge >= 0.3 is 0 Å². The number of likely N-dealkylation sites (N-methyl/N-ethyl adjacent to an activating group) is 1. The summed E-state index contributed by atoms with van der Waals surface area (Å²) in [4.78, 5) is 0. The number of nitrogens with one attached hydrogen (secondary N) is 2. The topological polar surface area (TPSA) is 58.2 Å². The summed E-state index contributed by atoms with van der Waals surface area (Å²) in [5.74, 6) is -0.779. The maximum atomic E-state index is 12.9. The first kappa shape index (κ1) is 15.4. The van der Waals surface area contributed by atoms with E-state index in [9.17, 15) is 12.8 Å². The Bertz CT molecular complexity index is 508. The molecule has 0 heterocycles. The smallest absolute Gasteiger partial charge is 0.215 e. The van der Waals surface area contributed by atoms with Gasteiger partial charge in [-0.2, -0.15) is 0 Å². The lowest BCUT2D eigenvalue weighted by molar-refractivity contribution is 0.553. The van der Waals surface area contributed by atoms with E-state index < -0.39 is 15.8 Å². The van der Waals surface area contributed by atoms with Crippen LogP contribution in [0.15, 0.2) is 18.2 Å². The maximum Gasteiger partial charge on any atom is 0.215 e. The van der Waals surface area contributed by atoms with E-state index in [-0.39, 0.29) is 16.8 Å². The molecule has 1 rings (SSSR count). The van der Waals surface area contributed by atoms with Gasteiger partial charge in [-0.15, -0.1) is 0 Å². The number of hydrogen-bond acceptors (Lipinski definition) is 3. The van der Waals surface area contributed by atoms with Gasteiger partial charge in [-0.1, -0.05) is 17.7 Å². The van der Waals surface area contributed by atoms with Gasteiger partial charge in [0.25, 0.3) is 0 Å². The summed E-state index contributed by atoms with van der Waals surface area (Å²) in [7, 11) is -1.69. The second-order valence-electron chi connectivity index (χ2n) is 4.05. The average molecular weight is 295 g/mol. The summed E-state index contributed by atoms with van der Waals surface area (Å²) in [5, 5.41) is 2.84. The molecule has 0 bridgehead atoms. The predicted octanol–water partition coefficient (Wildman–Crippen LogP) is 1.51. The van der Waals surface area contributed by atoms with Crippen molar-refractivity contribution in [1.29, 1.82) is 0 Å². The third-order valence-corrected chi connectivity index (χ3v) is 4.05. The molecule has 0 aliphatic heterocycles. The molecule has 1 unspecified atom stereocenters. The molecule has 0 saturated carbocycles. The van der Waals surface area contributed by atoms with Gasteiger partial charge in [0, 0.05) is 12.6 Å². The standard InChI is InChI=1S/C11H16ClFN2O2S/c1-8(14-2)6-15-18(16,17)7-9-3-4-11(13)10(12)5-9/h3-5,8,14-15H,6-7H2,1-2H3. The fourth-order valence-electron chi connectivity index (χ4n) is 1.25. The van der Waals surface area contributed by atoms with Crippen molar-refractivity contribution in [2.45, 2.75) is 18.7 Å². The first-order valence-corrected chi connectivity index (χ1v) is 7.45. The molecule has 0 aliphatic rings. The number of hydrogen-bond donors (Lipinski definition) is 2. The van der Waals surface area contributed by atoms with E-state index in [1.54, 1.807) is 7.05 Å². The summed E-state index contributed by atoms with van der Waals surface area (Å²) < 4.78 is 38.9. The molecule has 0 spiro atoms. The van der Waals surface area contributed by atoms with Crippen molar-refractivity contribution in [3.63, 3.8) is 0 Å². The first-order valence-electron chi connectivity index (χ1n) is 5.42. The van der Waals surface area contributed by atoms with Crippen LogP contribution in [0.3, 0.4) is 0 Å². The Kier molecular flexibility index (Phi) is 5.52. The van der Waals surface area contributed by atoms with E-state index in [0.717, 1.165) is 6.07 Å². The molecular formula is C11H16ClFN2O2S. The molecule has 7 heteroatoms. The van der Waals surface area contributed by atoms with Crippen LogP contribution in [0.4, 0.5) is 4.39 Å². The number of halogens is 2. The van der Waals surface area contributed by atoms with Crippen LogP contribution < -0.4 is 10.0 Å². The zero-order valence-electron chi connectivity index (χ0n) is 10.2. The molecule has 0 radical (unpaired) electrons. The van der Waals surface area contributed by atoms with Crippen LogP contribution >= 0.6 is 11.6 Å². The highest BCUT2D eigenvalue weighted by Gasteiger charge is 2.13. The lowest BCUT2D eigenvalue weighted by Crippen LogP contribution is -2.37. The Hall–Kier alpha value is -0.690. The SMILES string of the molecule is CNC(C)CNS(=O)(=O)Cc1ccc(F)c(Cl)c1. The quantitative estimate of drug-likeness (QED) is 0.836. The van der Waals surface area contributed by atoms with E-state index in [1.807, 2.05) is 6.92 Å². The summed E-state index contributed by atoms with van der Waals surface area (Å²) >= 11 is 5.59. The second-order valence-corrected chi connectivity index (χ2v) is 6.26. The average Bonchev–Trinajstić information content (AvgIpc) is 2.30. The Morgan fingerprint density at radius 3 is 2.67 bits per heavy atom. The summed E-state index contributed by atoms with van der Waals surface area (Å²) in [6.07, 6.45) is 0. The molecule has 2 N–H and O–H groups in total.